The molecule has 1 amide bonds. The van der Waals surface area contributed by atoms with Gasteiger partial charge in [0.15, 0.2) is 0 Å². The van der Waals surface area contributed by atoms with E-state index in [1.165, 1.54) is 12.1 Å². The third-order valence-electron chi connectivity index (χ3n) is 4.35. The smallest absolute Gasteiger partial charge is 0.303 e. The van der Waals surface area contributed by atoms with Crippen molar-refractivity contribution in [3.63, 3.8) is 0 Å². The molecule has 0 aliphatic carbocycles. The van der Waals surface area contributed by atoms with E-state index in [1.54, 1.807) is 13.0 Å². The maximum absolute atomic E-state index is 12.1. The Morgan fingerprint density at radius 1 is 1.04 bits per heavy atom. The topological polar surface area (TPSA) is 110 Å². The largest absolute Gasteiger partial charge is 0.481 e. The van der Waals surface area contributed by atoms with Gasteiger partial charge in [-0.1, -0.05) is 44.6 Å². The summed E-state index contributed by atoms with van der Waals surface area (Å²) in [6.45, 7) is 2.14. The molecule has 0 bridgehead atoms. The summed E-state index contributed by atoms with van der Waals surface area (Å²) in [5.41, 5.74) is 0.694. The van der Waals surface area contributed by atoms with Gasteiger partial charge in [-0.25, -0.2) is 0 Å². The summed E-state index contributed by atoms with van der Waals surface area (Å²) >= 11 is 0. The number of hydrogen-bond acceptors (Lipinski definition) is 4. The van der Waals surface area contributed by atoms with Crippen molar-refractivity contribution in [1.29, 1.82) is 0 Å². The fourth-order valence-electron chi connectivity index (χ4n) is 2.83. The van der Waals surface area contributed by atoms with Gasteiger partial charge in [-0.15, -0.1) is 0 Å². The minimum atomic E-state index is -0.729. The molecule has 0 saturated carbocycles. The van der Waals surface area contributed by atoms with E-state index in [0.717, 1.165) is 51.4 Å². The summed E-state index contributed by atoms with van der Waals surface area (Å²) in [6, 6.07) is 4.52. The third-order valence-corrected chi connectivity index (χ3v) is 4.35. The van der Waals surface area contributed by atoms with Crippen LogP contribution in [0, 0.1) is 17.0 Å². The third kappa shape index (κ3) is 8.09. The van der Waals surface area contributed by atoms with Gasteiger partial charge in [0.25, 0.3) is 11.6 Å². The molecule has 26 heavy (non-hydrogen) atoms. The lowest BCUT2D eigenvalue weighted by Gasteiger charge is -2.08. The van der Waals surface area contributed by atoms with Crippen LogP contribution in [0.5, 0.6) is 0 Å². The highest BCUT2D eigenvalue weighted by molar-refractivity contribution is 5.96. The number of rotatable bonds is 13. The summed E-state index contributed by atoms with van der Waals surface area (Å²) in [7, 11) is 0. The lowest BCUT2D eigenvalue weighted by atomic mass is 10.1. The molecule has 1 aromatic carbocycles. The Morgan fingerprint density at radius 2 is 1.62 bits per heavy atom. The van der Waals surface area contributed by atoms with Gasteiger partial charge in [0.05, 0.1) is 4.92 Å². The zero-order chi connectivity index (χ0) is 19.4. The van der Waals surface area contributed by atoms with Crippen molar-refractivity contribution in [2.75, 3.05) is 6.54 Å². The maximum Gasteiger partial charge on any atom is 0.303 e. The number of carboxylic acid groups (broad SMARTS) is 1. The Kier molecular flexibility index (Phi) is 9.97. The van der Waals surface area contributed by atoms with Crippen LogP contribution in [0.4, 0.5) is 5.69 Å². The Hall–Kier alpha value is -2.44. The van der Waals surface area contributed by atoms with Crippen LogP contribution in [-0.4, -0.2) is 28.5 Å². The molecule has 7 heteroatoms. The fourth-order valence-corrected chi connectivity index (χ4v) is 2.83. The molecule has 144 valence electrons. The van der Waals surface area contributed by atoms with E-state index >= 15 is 0 Å². The molecule has 1 rings (SSSR count). The van der Waals surface area contributed by atoms with Crippen LogP contribution >= 0.6 is 0 Å². The number of amides is 1. The molecule has 0 aromatic heterocycles. The molecule has 1 aromatic rings. The number of nitro groups is 1. The number of carboxylic acids is 1. The normalized spacial score (nSPS) is 10.5. The number of carbonyl (C=O) groups is 2. The first-order valence-electron chi connectivity index (χ1n) is 9.17. The minimum absolute atomic E-state index is 0.0407. The zero-order valence-electron chi connectivity index (χ0n) is 15.3. The number of benzene rings is 1. The molecular formula is C19H28N2O5. The van der Waals surface area contributed by atoms with E-state index in [-0.39, 0.29) is 18.0 Å². The Balaban J connectivity index is 2.13. The second-order valence-electron chi connectivity index (χ2n) is 6.43. The minimum Gasteiger partial charge on any atom is -0.481 e. The summed E-state index contributed by atoms with van der Waals surface area (Å²) in [6.07, 6.45) is 8.24. The SMILES string of the molecule is Cc1c(C(=O)NCCCCCCCCCCC(=O)O)cccc1[N+](=O)[O-]. The van der Waals surface area contributed by atoms with Gasteiger partial charge >= 0.3 is 5.97 Å². The molecule has 0 spiro atoms. The molecule has 0 unspecified atom stereocenters. The quantitative estimate of drug-likeness (QED) is 0.309. The molecule has 0 aliphatic heterocycles. The molecule has 0 atom stereocenters. The Labute approximate surface area is 153 Å². The van der Waals surface area contributed by atoms with Crippen LogP contribution in [0.3, 0.4) is 0 Å². The van der Waals surface area contributed by atoms with E-state index < -0.39 is 10.9 Å². The van der Waals surface area contributed by atoms with Crippen molar-refractivity contribution < 1.29 is 19.6 Å². The highest BCUT2D eigenvalue weighted by atomic mass is 16.6. The van der Waals surface area contributed by atoms with Crippen molar-refractivity contribution in [3.05, 3.63) is 39.4 Å². The first-order valence-corrected chi connectivity index (χ1v) is 9.17. The number of unbranched alkanes of at least 4 members (excludes halogenated alkanes) is 7. The van der Waals surface area contributed by atoms with Gasteiger partial charge in [-0.3, -0.25) is 19.7 Å². The number of carbonyl (C=O) groups excluding carboxylic acids is 1. The summed E-state index contributed by atoms with van der Waals surface area (Å²) in [5.74, 6) is -1.00. The van der Waals surface area contributed by atoms with Gasteiger partial charge < -0.3 is 10.4 Å². The zero-order valence-corrected chi connectivity index (χ0v) is 15.3. The van der Waals surface area contributed by atoms with Gasteiger partial charge in [-0.2, -0.15) is 0 Å². The van der Waals surface area contributed by atoms with Crippen LogP contribution in [0.15, 0.2) is 18.2 Å². The Bertz CT molecular complexity index is 616. The van der Waals surface area contributed by atoms with Crippen LogP contribution < -0.4 is 5.32 Å². The van der Waals surface area contributed by atoms with E-state index in [9.17, 15) is 19.7 Å². The summed E-state index contributed by atoms with van der Waals surface area (Å²) < 4.78 is 0. The first-order chi connectivity index (χ1) is 12.4. The number of nitro benzene ring substituents is 1. The highest BCUT2D eigenvalue weighted by Gasteiger charge is 2.17. The van der Waals surface area contributed by atoms with Gasteiger partial charge in [0.1, 0.15) is 0 Å². The van der Waals surface area contributed by atoms with Crippen LogP contribution in [0.25, 0.3) is 0 Å². The van der Waals surface area contributed by atoms with Gasteiger partial charge in [0, 0.05) is 30.2 Å². The molecule has 0 heterocycles. The van der Waals surface area contributed by atoms with E-state index in [4.69, 9.17) is 5.11 Å². The van der Waals surface area contributed by atoms with Crippen molar-refractivity contribution >= 4 is 17.6 Å². The molecule has 7 nitrogen and oxygen atoms in total. The highest BCUT2D eigenvalue weighted by Crippen LogP contribution is 2.20. The predicted molar refractivity (Wildman–Crippen MR) is 99.4 cm³/mol. The molecule has 2 N–H and O–H groups in total. The molecular weight excluding hydrogens is 336 g/mol. The second-order valence-corrected chi connectivity index (χ2v) is 6.43. The van der Waals surface area contributed by atoms with Crippen molar-refractivity contribution in [1.82, 2.24) is 5.32 Å². The second kappa shape index (κ2) is 12.0. The maximum atomic E-state index is 12.1. The standard InChI is InChI=1S/C19H28N2O5/c1-15-16(11-10-12-17(15)21(25)26)19(24)20-14-9-7-5-3-2-4-6-8-13-18(22)23/h10-12H,2-9,13-14H2,1H3,(H,20,24)(H,22,23). The molecule has 0 fully saturated rings. The predicted octanol–water partition coefficient (Wildman–Crippen LogP) is 4.23. The van der Waals surface area contributed by atoms with Crippen LogP contribution in [0.1, 0.15) is 73.7 Å². The van der Waals surface area contributed by atoms with Crippen LogP contribution in [-0.2, 0) is 4.79 Å². The lowest BCUT2D eigenvalue weighted by Crippen LogP contribution is -2.25. The van der Waals surface area contributed by atoms with Gasteiger partial charge in [-0.05, 0) is 25.8 Å². The molecule has 0 saturated heterocycles. The van der Waals surface area contributed by atoms with Gasteiger partial charge in [0.2, 0.25) is 0 Å². The monoisotopic (exact) mass is 364 g/mol. The number of aliphatic carboxylic acids is 1. The van der Waals surface area contributed by atoms with E-state index in [2.05, 4.69) is 5.32 Å². The van der Waals surface area contributed by atoms with Crippen molar-refractivity contribution in [2.24, 2.45) is 0 Å². The lowest BCUT2D eigenvalue weighted by molar-refractivity contribution is -0.385. The molecule has 0 radical (unpaired) electrons. The number of hydrogen-bond donors (Lipinski definition) is 2. The van der Waals surface area contributed by atoms with Crippen molar-refractivity contribution in [3.8, 4) is 0 Å². The first kappa shape index (κ1) is 21.6. The Morgan fingerprint density at radius 3 is 2.19 bits per heavy atom. The van der Waals surface area contributed by atoms with Crippen LogP contribution in [0.2, 0.25) is 0 Å². The average Bonchev–Trinajstić information content (AvgIpc) is 2.59. The average molecular weight is 364 g/mol. The summed E-state index contributed by atoms with van der Waals surface area (Å²) in [4.78, 5) is 33.0. The van der Waals surface area contributed by atoms with Crippen molar-refractivity contribution in [2.45, 2.75) is 64.7 Å². The fraction of sp³-hybridized carbons (Fsp3) is 0.579. The summed E-state index contributed by atoms with van der Waals surface area (Å²) in [5, 5.41) is 22.3. The number of nitrogens with one attached hydrogen (secondary N) is 1. The van der Waals surface area contributed by atoms with E-state index in [0.29, 0.717) is 17.7 Å². The number of nitrogens with zero attached hydrogens (tertiary/aromatic N) is 1. The molecule has 0 aliphatic rings. The van der Waals surface area contributed by atoms with E-state index in [1.807, 2.05) is 0 Å².